The van der Waals surface area contributed by atoms with E-state index >= 15 is 0 Å². The van der Waals surface area contributed by atoms with Crippen LogP contribution in [0, 0.1) is 0 Å². The molecule has 0 aromatic heterocycles. The number of hydrogen-bond donors (Lipinski definition) is 2. The first-order chi connectivity index (χ1) is 10.1. The van der Waals surface area contributed by atoms with E-state index < -0.39 is 5.54 Å². The molecule has 0 saturated carbocycles. The minimum absolute atomic E-state index is 0.0525. The van der Waals surface area contributed by atoms with Crippen LogP contribution in [-0.4, -0.2) is 48.4 Å². The SMILES string of the molecule is CCCNC(=O)CN(CCC)C(=O)C1(CCC)CCCN1. The van der Waals surface area contributed by atoms with Crippen molar-refractivity contribution in [2.24, 2.45) is 0 Å². The van der Waals surface area contributed by atoms with Crippen LogP contribution in [0.15, 0.2) is 0 Å². The molecule has 1 aliphatic rings. The molecule has 0 radical (unpaired) electrons. The summed E-state index contributed by atoms with van der Waals surface area (Å²) in [5, 5.41) is 6.26. The van der Waals surface area contributed by atoms with E-state index in [4.69, 9.17) is 0 Å². The largest absolute Gasteiger partial charge is 0.355 e. The van der Waals surface area contributed by atoms with Crippen molar-refractivity contribution in [1.29, 1.82) is 0 Å². The van der Waals surface area contributed by atoms with Crippen molar-refractivity contribution in [3.8, 4) is 0 Å². The second kappa shape index (κ2) is 9.03. The van der Waals surface area contributed by atoms with Crippen LogP contribution in [-0.2, 0) is 9.59 Å². The quantitative estimate of drug-likeness (QED) is 0.680. The molecule has 122 valence electrons. The van der Waals surface area contributed by atoms with Gasteiger partial charge < -0.3 is 15.5 Å². The summed E-state index contributed by atoms with van der Waals surface area (Å²) in [5.74, 6) is 0.0543. The smallest absolute Gasteiger partial charge is 0.243 e. The Balaban J connectivity index is 2.73. The van der Waals surface area contributed by atoms with Crippen LogP contribution >= 0.6 is 0 Å². The Labute approximate surface area is 128 Å². The maximum atomic E-state index is 12.9. The van der Waals surface area contributed by atoms with Gasteiger partial charge in [-0.2, -0.15) is 0 Å². The lowest BCUT2D eigenvalue weighted by Gasteiger charge is -2.34. The third-order valence-electron chi connectivity index (χ3n) is 4.02. The summed E-state index contributed by atoms with van der Waals surface area (Å²) in [6.45, 7) is 8.56. The van der Waals surface area contributed by atoms with E-state index in [-0.39, 0.29) is 18.4 Å². The minimum Gasteiger partial charge on any atom is -0.355 e. The van der Waals surface area contributed by atoms with E-state index in [0.29, 0.717) is 13.1 Å². The van der Waals surface area contributed by atoms with E-state index in [9.17, 15) is 9.59 Å². The zero-order valence-electron chi connectivity index (χ0n) is 13.8. The van der Waals surface area contributed by atoms with Crippen LogP contribution in [0.2, 0.25) is 0 Å². The second-order valence-corrected chi connectivity index (χ2v) is 5.94. The Bertz CT molecular complexity index is 338. The maximum absolute atomic E-state index is 12.9. The zero-order chi connectivity index (χ0) is 15.7. The average molecular weight is 297 g/mol. The molecule has 21 heavy (non-hydrogen) atoms. The average Bonchev–Trinajstić information content (AvgIpc) is 2.94. The molecular weight excluding hydrogens is 266 g/mol. The highest BCUT2D eigenvalue weighted by Gasteiger charge is 2.42. The molecule has 1 saturated heterocycles. The van der Waals surface area contributed by atoms with Gasteiger partial charge in [-0.3, -0.25) is 9.59 Å². The first-order valence-corrected chi connectivity index (χ1v) is 8.40. The highest BCUT2D eigenvalue weighted by molar-refractivity contribution is 5.90. The molecule has 0 bridgehead atoms. The predicted molar refractivity (Wildman–Crippen MR) is 85.0 cm³/mol. The Kier molecular flexibility index (Phi) is 7.72. The fraction of sp³-hybridized carbons (Fsp3) is 0.875. The molecule has 0 spiro atoms. The van der Waals surface area contributed by atoms with Gasteiger partial charge in [-0.05, 0) is 38.6 Å². The van der Waals surface area contributed by atoms with Crippen LogP contribution < -0.4 is 10.6 Å². The van der Waals surface area contributed by atoms with Crippen LogP contribution in [0.5, 0.6) is 0 Å². The van der Waals surface area contributed by atoms with Gasteiger partial charge >= 0.3 is 0 Å². The van der Waals surface area contributed by atoms with Gasteiger partial charge in [0, 0.05) is 13.1 Å². The van der Waals surface area contributed by atoms with Crippen molar-refractivity contribution in [2.45, 2.75) is 64.8 Å². The number of rotatable bonds is 9. The molecule has 2 amide bonds. The summed E-state index contributed by atoms with van der Waals surface area (Å²) in [4.78, 5) is 26.6. The van der Waals surface area contributed by atoms with Crippen LogP contribution in [0.25, 0.3) is 0 Å². The molecule has 1 fully saturated rings. The first kappa shape index (κ1) is 18.0. The lowest BCUT2D eigenvalue weighted by atomic mass is 9.90. The predicted octanol–water partition coefficient (Wildman–Crippen LogP) is 1.67. The summed E-state index contributed by atoms with van der Waals surface area (Å²) in [5.41, 5.74) is -0.436. The summed E-state index contributed by atoms with van der Waals surface area (Å²) < 4.78 is 0. The van der Waals surface area contributed by atoms with Gasteiger partial charge in [0.15, 0.2) is 0 Å². The molecule has 1 heterocycles. The van der Waals surface area contributed by atoms with E-state index in [1.807, 2.05) is 13.8 Å². The van der Waals surface area contributed by atoms with Gasteiger partial charge in [-0.1, -0.05) is 27.2 Å². The molecule has 5 nitrogen and oxygen atoms in total. The van der Waals surface area contributed by atoms with Crippen molar-refractivity contribution in [3.63, 3.8) is 0 Å². The molecule has 0 aromatic carbocycles. The van der Waals surface area contributed by atoms with E-state index in [1.165, 1.54) is 0 Å². The third kappa shape index (κ3) is 4.99. The zero-order valence-corrected chi connectivity index (χ0v) is 13.8. The standard InChI is InChI=1S/C16H31N3O2/c1-4-8-16(9-7-11-18-16)15(21)19(12-6-3)13-14(20)17-10-5-2/h18H,4-13H2,1-3H3,(H,17,20). The third-order valence-corrected chi connectivity index (χ3v) is 4.02. The lowest BCUT2D eigenvalue weighted by molar-refractivity contribution is -0.141. The van der Waals surface area contributed by atoms with Gasteiger partial charge in [-0.15, -0.1) is 0 Å². The highest BCUT2D eigenvalue weighted by Crippen LogP contribution is 2.27. The Morgan fingerprint density at radius 3 is 2.48 bits per heavy atom. The Morgan fingerprint density at radius 1 is 1.19 bits per heavy atom. The summed E-state index contributed by atoms with van der Waals surface area (Å²) in [7, 11) is 0. The second-order valence-electron chi connectivity index (χ2n) is 5.94. The topological polar surface area (TPSA) is 61.4 Å². The molecule has 2 N–H and O–H groups in total. The van der Waals surface area contributed by atoms with Crippen molar-refractivity contribution >= 4 is 11.8 Å². The van der Waals surface area contributed by atoms with Crippen LogP contribution in [0.1, 0.15) is 59.3 Å². The number of hydrogen-bond acceptors (Lipinski definition) is 3. The van der Waals surface area contributed by atoms with Gasteiger partial charge in [0.05, 0.1) is 12.1 Å². The van der Waals surface area contributed by atoms with Gasteiger partial charge in [0.1, 0.15) is 0 Å². The fourth-order valence-electron chi connectivity index (χ4n) is 3.05. The van der Waals surface area contributed by atoms with Gasteiger partial charge in [-0.25, -0.2) is 0 Å². The molecule has 1 unspecified atom stereocenters. The monoisotopic (exact) mass is 297 g/mol. The molecule has 5 heteroatoms. The molecular formula is C16H31N3O2. The number of carbonyl (C=O) groups excluding carboxylic acids is 2. The van der Waals surface area contributed by atoms with Crippen LogP contribution in [0.3, 0.4) is 0 Å². The van der Waals surface area contributed by atoms with Gasteiger partial charge in [0.25, 0.3) is 0 Å². The van der Waals surface area contributed by atoms with Gasteiger partial charge in [0.2, 0.25) is 11.8 Å². The molecule has 1 rings (SSSR count). The molecule has 0 aliphatic carbocycles. The molecule has 1 atom stereocenters. The van der Waals surface area contributed by atoms with Crippen LogP contribution in [0.4, 0.5) is 0 Å². The van der Waals surface area contributed by atoms with E-state index in [2.05, 4.69) is 17.6 Å². The van der Waals surface area contributed by atoms with Crippen molar-refractivity contribution in [2.75, 3.05) is 26.2 Å². The van der Waals surface area contributed by atoms with E-state index in [0.717, 1.165) is 45.1 Å². The summed E-state index contributed by atoms with van der Waals surface area (Å²) in [6.07, 6.45) is 5.53. The Morgan fingerprint density at radius 2 is 1.95 bits per heavy atom. The number of nitrogens with zero attached hydrogens (tertiary/aromatic N) is 1. The fourth-order valence-corrected chi connectivity index (χ4v) is 3.05. The number of amides is 2. The van der Waals surface area contributed by atoms with Crippen molar-refractivity contribution < 1.29 is 9.59 Å². The van der Waals surface area contributed by atoms with Crippen molar-refractivity contribution in [3.05, 3.63) is 0 Å². The first-order valence-electron chi connectivity index (χ1n) is 8.40. The summed E-state index contributed by atoms with van der Waals surface area (Å²) in [6, 6.07) is 0. The summed E-state index contributed by atoms with van der Waals surface area (Å²) >= 11 is 0. The highest BCUT2D eigenvalue weighted by atomic mass is 16.2. The number of carbonyl (C=O) groups is 2. The number of nitrogens with one attached hydrogen (secondary N) is 2. The normalized spacial score (nSPS) is 21.3. The Hall–Kier alpha value is -1.10. The van der Waals surface area contributed by atoms with E-state index in [1.54, 1.807) is 4.90 Å². The minimum atomic E-state index is -0.436. The molecule has 0 aromatic rings. The van der Waals surface area contributed by atoms with Crippen molar-refractivity contribution in [1.82, 2.24) is 15.5 Å². The maximum Gasteiger partial charge on any atom is 0.243 e. The molecule has 1 aliphatic heterocycles. The lowest BCUT2D eigenvalue weighted by Crippen LogP contribution is -2.56.